The van der Waals surface area contributed by atoms with E-state index in [1.165, 1.54) is 0 Å². The second-order valence-corrected chi connectivity index (χ2v) is 4.12. The number of pyridine rings is 1. The molecule has 5 heteroatoms. The van der Waals surface area contributed by atoms with Crippen molar-refractivity contribution in [2.75, 3.05) is 0 Å². The highest BCUT2D eigenvalue weighted by molar-refractivity contribution is 5.94. The van der Waals surface area contributed by atoms with Gasteiger partial charge in [-0.3, -0.25) is 9.98 Å². The highest BCUT2D eigenvalue weighted by Gasteiger charge is 2.32. The summed E-state index contributed by atoms with van der Waals surface area (Å²) in [5, 5.41) is 0. The Hall–Kier alpha value is -1.39. The van der Waals surface area contributed by atoms with E-state index < -0.39 is 11.7 Å². The molecule has 86 valence electrons. The first-order valence-electron chi connectivity index (χ1n) is 5.01. The maximum Gasteiger partial charge on any atom is 0.417 e. The van der Waals surface area contributed by atoms with E-state index in [2.05, 4.69) is 9.98 Å². The molecule has 0 amide bonds. The van der Waals surface area contributed by atoms with Gasteiger partial charge in [-0.05, 0) is 12.0 Å². The van der Waals surface area contributed by atoms with E-state index in [1.54, 1.807) is 0 Å². The van der Waals surface area contributed by atoms with E-state index in [0.717, 1.165) is 18.0 Å². The highest BCUT2D eigenvalue weighted by atomic mass is 19.4. The Kier molecular flexibility index (Phi) is 2.48. The van der Waals surface area contributed by atoms with Crippen LogP contribution in [0.5, 0.6) is 0 Å². The smallest absolute Gasteiger partial charge is 0.258 e. The van der Waals surface area contributed by atoms with Gasteiger partial charge in [0.1, 0.15) is 0 Å². The molecule has 1 aromatic rings. The average Bonchev–Trinajstić information content (AvgIpc) is 2.58. The van der Waals surface area contributed by atoms with Crippen molar-refractivity contribution in [1.29, 1.82) is 0 Å². The van der Waals surface area contributed by atoms with Gasteiger partial charge in [-0.25, -0.2) is 0 Å². The van der Waals surface area contributed by atoms with E-state index in [-0.39, 0.29) is 5.92 Å². The third-order valence-corrected chi connectivity index (χ3v) is 2.55. The Morgan fingerprint density at radius 1 is 1.31 bits per heavy atom. The summed E-state index contributed by atoms with van der Waals surface area (Å²) < 4.78 is 37.3. The SMILES string of the molecule is CC(C)C1=Nc2cc(C(F)(F)F)cnc2C1. The van der Waals surface area contributed by atoms with E-state index >= 15 is 0 Å². The van der Waals surface area contributed by atoms with Gasteiger partial charge in [-0.15, -0.1) is 0 Å². The van der Waals surface area contributed by atoms with E-state index in [4.69, 9.17) is 0 Å². The van der Waals surface area contributed by atoms with Gasteiger partial charge in [-0.2, -0.15) is 13.2 Å². The van der Waals surface area contributed by atoms with Gasteiger partial charge in [0.05, 0.1) is 16.9 Å². The molecule has 1 aliphatic heterocycles. The largest absolute Gasteiger partial charge is 0.417 e. The summed E-state index contributed by atoms with van der Waals surface area (Å²) in [5.74, 6) is 0.239. The second kappa shape index (κ2) is 3.57. The Morgan fingerprint density at radius 3 is 2.56 bits per heavy atom. The number of hydrogen-bond donors (Lipinski definition) is 0. The van der Waals surface area contributed by atoms with Crippen molar-refractivity contribution in [3.05, 3.63) is 23.5 Å². The molecule has 0 saturated carbocycles. The molecular weight excluding hydrogens is 217 g/mol. The first-order chi connectivity index (χ1) is 7.38. The summed E-state index contributed by atoms with van der Waals surface area (Å²) in [6.45, 7) is 3.94. The minimum absolute atomic E-state index is 0.239. The number of fused-ring (bicyclic) bond motifs is 1. The van der Waals surface area contributed by atoms with Crippen LogP contribution in [0.25, 0.3) is 0 Å². The summed E-state index contributed by atoms with van der Waals surface area (Å²) in [6.07, 6.45) is -2.92. The summed E-state index contributed by atoms with van der Waals surface area (Å²) in [4.78, 5) is 8.00. The van der Waals surface area contributed by atoms with Crippen LogP contribution in [0.15, 0.2) is 17.3 Å². The van der Waals surface area contributed by atoms with Gasteiger partial charge in [0.15, 0.2) is 0 Å². The Morgan fingerprint density at radius 2 is 2.00 bits per heavy atom. The zero-order valence-electron chi connectivity index (χ0n) is 8.97. The van der Waals surface area contributed by atoms with E-state index in [0.29, 0.717) is 17.8 Å². The summed E-state index contributed by atoms with van der Waals surface area (Å²) in [5.41, 5.74) is 1.15. The number of hydrogen-bond acceptors (Lipinski definition) is 2. The number of rotatable bonds is 1. The van der Waals surface area contributed by atoms with Gasteiger partial charge >= 0.3 is 6.18 Å². The molecule has 2 heterocycles. The molecule has 1 aromatic heterocycles. The summed E-state index contributed by atoms with van der Waals surface area (Å²) in [7, 11) is 0. The molecular formula is C11H11F3N2. The fourth-order valence-electron chi connectivity index (χ4n) is 1.57. The molecule has 0 N–H and O–H groups in total. The van der Waals surface area contributed by atoms with E-state index in [9.17, 15) is 13.2 Å². The molecule has 0 saturated heterocycles. The molecule has 2 rings (SSSR count). The zero-order valence-corrected chi connectivity index (χ0v) is 8.97. The Bertz CT molecular complexity index is 447. The van der Waals surface area contributed by atoms with Gasteiger partial charge in [-0.1, -0.05) is 13.8 Å². The minimum Gasteiger partial charge on any atom is -0.258 e. The highest BCUT2D eigenvalue weighted by Crippen LogP contribution is 2.34. The first kappa shape index (κ1) is 11.1. The number of alkyl halides is 3. The quantitative estimate of drug-likeness (QED) is 0.723. The van der Waals surface area contributed by atoms with Crippen molar-refractivity contribution in [3.8, 4) is 0 Å². The standard InChI is InChI=1S/C11H11F3N2/c1-6(2)8-4-9-10(16-8)3-7(5-15-9)11(12,13)14/h3,5-6H,4H2,1-2H3. The maximum atomic E-state index is 12.4. The number of aliphatic imine (C=N–C) groups is 1. The topological polar surface area (TPSA) is 25.2 Å². The lowest BCUT2D eigenvalue weighted by atomic mass is 10.1. The molecule has 0 fully saturated rings. The number of nitrogens with zero attached hydrogens (tertiary/aromatic N) is 2. The third kappa shape index (κ3) is 1.94. The lowest BCUT2D eigenvalue weighted by Gasteiger charge is -2.06. The van der Waals surface area contributed by atoms with Gasteiger partial charge in [0.2, 0.25) is 0 Å². The van der Waals surface area contributed by atoms with Crippen LogP contribution in [-0.4, -0.2) is 10.7 Å². The molecule has 0 unspecified atom stereocenters. The molecule has 0 spiro atoms. The van der Waals surface area contributed by atoms with Gasteiger partial charge < -0.3 is 0 Å². The average molecular weight is 228 g/mol. The van der Waals surface area contributed by atoms with Crippen molar-refractivity contribution in [2.45, 2.75) is 26.4 Å². The second-order valence-electron chi connectivity index (χ2n) is 4.12. The predicted octanol–water partition coefficient (Wildman–Crippen LogP) is 3.39. The van der Waals surface area contributed by atoms with E-state index in [1.807, 2.05) is 13.8 Å². The van der Waals surface area contributed by atoms with Crippen molar-refractivity contribution in [2.24, 2.45) is 10.9 Å². The molecule has 1 aliphatic rings. The molecule has 0 aliphatic carbocycles. The monoisotopic (exact) mass is 228 g/mol. The molecule has 0 atom stereocenters. The fraction of sp³-hybridized carbons (Fsp3) is 0.455. The molecule has 0 bridgehead atoms. The van der Waals surface area contributed by atoms with Crippen LogP contribution in [0.4, 0.5) is 18.9 Å². The maximum absolute atomic E-state index is 12.4. The number of aromatic nitrogens is 1. The lowest BCUT2D eigenvalue weighted by molar-refractivity contribution is -0.137. The Balaban J connectivity index is 2.38. The predicted molar refractivity (Wildman–Crippen MR) is 54.9 cm³/mol. The van der Waals surface area contributed by atoms with Crippen LogP contribution in [0, 0.1) is 5.92 Å². The van der Waals surface area contributed by atoms with Crippen molar-refractivity contribution < 1.29 is 13.2 Å². The molecule has 16 heavy (non-hydrogen) atoms. The fourth-order valence-corrected chi connectivity index (χ4v) is 1.57. The third-order valence-electron chi connectivity index (χ3n) is 2.55. The van der Waals surface area contributed by atoms with Gasteiger partial charge in [0, 0.05) is 18.3 Å². The molecule has 0 aromatic carbocycles. The normalized spacial score (nSPS) is 15.2. The van der Waals surface area contributed by atoms with Crippen LogP contribution in [0.2, 0.25) is 0 Å². The van der Waals surface area contributed by atoms with Crippen LogP contribution < -0.4 is 0 Å². The molecule has 2 nitrogen and oxygen atoms in total. The van der Waals surface area contributed by atoms with Crippen molar-refractivity contribution in [3.63, 3.8) is 0 Å². The van der Waals surface area contributed by atoms with Crippen molar-refractivity contribution >= 4 is 11.4 Å². The number of halogens is 3. The van der Waals surface area contributed by atoms with Crippen LogP contribution in [0.3, 0.4) is 0 Å². The van der Waals surface area contributed by atoms with Gasteiger partial charge in [0.25, 0.3) is 0 Å². The summed E-state index contributed by atoms with van der Waals surface area (Å²) in [6, 6.07) is 1.07. The van der Waals surface area contributed by atoms with Crippen LogP contribution >= 0.6 is 0 Å². The van der Waals surface area contributed by atoms with Crippen molar-refractivity contribution in [1.82, 2.24) is 4.98 Å². The lowest BCUT2D eigenvalue weighted by Crippen LogP contribution is -2.08. The molecule has 0 radical (unpaired) electrons. The summed E-state index contributed by atoms with van der Waals surface area (Å²) >= 11 is 0. The van der Waals surface area contributed by atoms with Crippen LogP contribution in [0.1, 0.15) is 25.1 Å². The Labute approximate surface area is 91.2 Å². The minimum atomic E-state index is -4.35. The van der Waals surface area contributed by atoms with Crippen LogP contribution in [-0.2, 0) is 12.6 Å². The zero-order chi connectivity index (χ0) is 11.9. The first-order valence-corrected chi connectivity index (χ1v) is 5.01.